The Balaban J connectivity index is 2.94. The van der Waals surface area contributed by atoms with Gasteiger partial charge in [-0.15, -0.1) is 0 Å². The van der Waals surface area contributed by atoms with Gasteiger partial charge in [-0.1, -0.05) is 25.5 Å². The molecule has 0 atom stereocenters. The van der Waals surface area contributed by atoms with E-state index in [0.717, 1.165) is 12.8 Å². The van der Waals surface area contributed by atoms with E-state index in [1.54, 1.807) is 6.29 Å². The summed E-state index contributed by atoms with van der Waals surface area (Å²) < 4.78 is 0. The second-order valence-electron chi connectivity index (χ2n) is 1.61. The normalized spacial score (nSPS) is 10.1. The van der Waals surface area contributed by atoms with Gasteiger partial charge < -0.3 is 0 Å². The van der Waals surface area contributed by atoms with Gasteiger partial charge in [-0.3, -0.25) is 4.79 Å². The molecule has 0 heterocycles. The van der Waals surface area contributed by atoms with Crippen molar-refractivity contribution in [2.45, 2.75) is 26.2 Å². The van der Waals surface area contributed by atoms with E-state index in [4.69, 9.17) is 0 Å². The maximum absolute atomic E-state index is 9.59. The molecule has 0 unspecified atom stereocenters. The smallest absolute Gasteiger partial charge is 0.202 e. The zero-order chi connectivity index (χ0) is 6.24. The number of unbranched alkanes of at least 4 members (excludes halogenated alkanes) is 1. The van der Waals surface area contributed by atoms with Gasteiger partial charge in [0.2, 0.25) is 6.29 Å². The van der Waals surface area contributed by atoms with Crippen molar-refractivity contribution in [2.24, 2.45) is 0 Å². The highest BCUT2D eigenvalue weighted by molar-refractivity contribution is 5.52. The summed E-state index contributed by atoms with van der Waals surface area (Å²) in [4.78, 5) is 9.59. The summed E-state index contributed by atoms with van der Waals surface area (Å²) in [7, 11) is 0. The van der Waals surface area contributed by atoms with Crippen LogP contribution in [0.2, 0.25) is 0 Å². The maximum Gasteiger partial charge on any atom is 0.202 e. The molecule has 0 aromatic carbocycles. The lowest BCUT2D eigenvalue weighted by molar-refractivity contribution is 0.556. The Morgan fingerprint density at radius 2 is 2.25 bits per heavy atom. The first kappa shape index (κ1) is 7.41. The summed E-state index contributed by atoms with van der Waals surface area (Å²) >= 11 is 0. The van der Waals surface area contributed by atoms with E-state index in [1.165, 1.54) is 0 Å². The molecule has 0 aliphatic carbocycles. The van der Waals surface area contributed by atoms with E-state index >= 15 is 0 Å². The number of hydrogen-bond donors (Lipinski definition) is 0. The highest BCUT2D eigenvalue weighted by atomic mass is 16.1. The van der Waals surface area contributed by atoms with Crippen molar-refractivity contribution in [3.63, 3.8) is 0 Å². The monoisotopic (exact) mass is 111 g/mol. The molecule has 0 N–H and O–H groups in total. The molecule has 8 heavy (non-hydrogen) atoms. The second-order valence-corrected chi connectivity index (χ2v) is 1.61. The lowest BCUT2D eigenvalue weighted by atomic mass is 10.3. The Morgan fingerprint density at radius 1 is 1.50 bits per heavy atom. The molecule has 0 amide bonds. The summed E-state index contributed by atoms with van der Waals surface area (Å²) in [6.07, 6.45) is 8.30. The van der Waals surface area contributed by atoms with Crippen molar-refractivity contribution in [1.29, 1.82) is 0 Å². The molecule has 0 spiro atoms. The topological polar surface area (TPSA) is 17.1 Å². The van der Waals surface area contributed by atoms with Crippen molar-refractivity contribution < 1.29 is 4.79 Å². The fraction of sp³-hybridized carbons (Fsp3) is 0.571. The average Bonchev–Trinajstić information content (AvgIpc) is 1.81. The Kier molecular flexibility index (Phi) is 5.94. The van der Waals surface area contributed by atoms with Crippen LogP contribution in [-0.4, -0.2) is 6.29 Å². The summed E-state index contributed by atoms with van der Waals surface area (Å²) in [5.74, 6) is 0. The zero-order valence-corrected chi connectivity index (χ0v) is 5.18. The first-order chi connectivity index (χ1) is 3.91. The lowest BCUT2D eigenvalue weighted by Crippen LogP contribution is -1.65. The number of hydrogen-bond acceptors (Lipinski definition) is 1. The van der Waals surface area contributed by atoms with Crippen LogP contribution >= 0.6 is 0 Å². The zero-order valence-electron chi connectivity index (χ0n) is 5.18. The molecule has 0 aliphatic rings. The highest BCUT2D eigenvalue weighted by Gasteiger charge is 1.72. The molecule has 0 rings (SSSR count). The molecule has 0 aromatic heterocycles. The predicted molar refractivity (Wildman–Crippen MR) is 34.4 cm³/mol. The van der Waals surface area contributed by atoms with E-state index in [1.807, 2.05) is 12.2 Å². The number of rotatable bonds is 4. The largest absolute Gasteiger partial charge is 0.291 e. The molecule has 45 valence electrons. The van der Waals surface area contributed by atoms with E-state index in [-0.39, 0.29) is 0 Å². The van der Waals surface area contributed by atoms with Crippen molar-refractivity contribution >= 4 is 6.29 Å². The third-order valence-corrected chi connectivity index (χ3v) is 0.823. The summed E-state index contributed by atoms with van der Waals surface area (Å²) in [5.41, 5.74) is 0. The second kappa shape index (κ2) is 6.41. The molecule has 1 radical (unpaired) electrons. The highest BCUT2D eigenvalue weighted by Crippen LogP contribution is 1.88. The first-order valence-corrected chi connectivity index (χ1v) is 2.91. The SMILES string of the molecule is CCCC=CC[C]=O. The van der Waals surface area contributed by atoms with Gasteiger partial charge in [0.15, 0.2) is 0 Å². The van der Waals surface area contributed by atoms with Gasteiger partial charge >= 0.3 is 0 Å². The van der Waals surface area contributed by atoms with Crippen LogP contribution in [0.3, 0.4) is 0 Å². The van der Waals surface area contributed by atoms with Gasteiger partial charge in [-0.25, -0.2) is 0 Å². The van der Waals surface area contributed by atoms with Crippen LogP contribution in [0.5, 0.6) is 0 Å². The van der Waals surface area contributed by atoms with Gasteiger partial charge in [0.1, 0.15) is 0 Å². The van der Waals surface area contributed by atoms with Crippen LogP contribution in [0.1, 0.15) is 26.2 Å². The molecule has 0 fully saturated rings. The molecule has 1 nitrogen and oxygen atoms in total. The first-order valence-electron chi connectivity index (χ1n) is 2.91. The molecule has 0 saturated carbocycles. The Labute approximate surface area is 50.4 Å². The van der Waals surface area contributed by atoms with Crippen LogP contribution in [0.4, 0.5) is 0 Å². The third kappa shape index (κ3) is 5.41. The van der Waals surface area contributed by atoms with Crippen molar-refractivity contribution in [2.75, 3.05) is 0 Å². The van der Waals surface area contributed by atoms with E-state index < -0.39 is 0 Å². The summed E-state index contributed by atoms with van der Waals surface area (Å²) in [6.45, 7) is 2.11. The molecule has 0 aliphatic heterocycles. The number of allylic oxidation sites excluding steroid dienone is 2. The predicted octanol–water partition coefficient (Wildman–Crippen LogP) is 1.84. The van der Waals surface area contributed by atoms with E-state index in [2.05, 4.69) is 6.92 Å². The van der Waals surface area contributed by atoms with Crippen molar-refractivity contribution in [3.8, 4) is 0 Å². The van der Waals surface area contributed by atoms with Crippen molar-refractivity contribution in [1.82, 2.24) is 0 Å². The third-order valence-electron chi connectivity index (χ3n) is 0.823. The Morgan fingerprint density at radius 3 is 2.75 bits per heavy atom. The van der Waals surface area contributed by atoms with Gasteiger partial charge in [0.25, 0.3) is 0 Å². The average molecular weight is 111 g/mol. The Hall–Kier alpha value is -0.590. The van der Waals surface area contributed by atoms with Crippen LogP contribution in [0.25, 0.3) is 0 Å². The molecule has 1 heteroatoms. The minimum absolute atomic E-state index is 0.444. The van der Waals surface area contributed by atoms with Crippen LogP contribution in [0, 0.1) is 0 Å². The van der Waals surface area contributed by atoms with Crippen molar-refractivity contribution in [3.05, 3.63) is 12.2 Å². The van der Waals surface area contributed by atoms with Crippen LogP contribution in [-0.2, 0) is 4.79 Å². The number of carbonyl (C=O) groups excluding carboxylic acids is 1. The summed E-state index contributed by atoms with van der Waals surface area (Å²) in [6, 6.07) is 0. The molecule has 0 saturated heterocycles. The van der Waals surface area contributed by atoms with Gasteiger partial charge in [0, 0.05) is 6.42 Å². The molecular formula is C7H11O. The fourth-order valence-electron chi connectivity index (χ4n) is 0.416. The van der Waals surface area contributed by atoms with Crippen LogP contribution in [0.15, 0.2) is 12.2 Å². The molecular weight excluding hydrogens is 100 g/mol. The van der Waals surface area contributed by atoms with Crippen LogP contribution < -0.4 is 0 Å². The molecule has 0 aromatic rings. The fourth-order valence-corrected chi connectivity index (χ4v) is 0.416. The minimum atomic E-state index is 0.444. The standard InChI is InChI=1S/C7H11O/c1-2-3-4-5-6-7-8/h4-5H,2-3,6H2,1H3. The Bertz CT molecular complexity index is 74.5. The quantitative estimate of drug-likeness (QED) is 0.506. The lowest BCUT2D eigenvalue weighted by Gasteiger charge is -1.79. The van der Waals surface area contributed by atoms with E-state index in [0.29, 0.717) is 6.42 Å². The van der Waals surface area contributed by atoms with Gasteiger partial charge in [-0.2, -0.15) is 0 Å². The minimum Gasteiger partial charge on any atom is -0.291 e. The van der Waals surface area contributed by atoms with E-state index in [9.17, 15) is 4.79 Å². The summed E-state index contributed by atoms with van der Waals surface area (Å²) in [5, 5.41) is 0. The molecule has 0 bridgehead atoms. The van der Waals surface area contributed by atoms with Gasteiger partial charge in [-0.05, 0) is 6.42 Å². The maximum atomic E-state index is 9.59. The van der Waals surface area contributed by atoms with Gasteiger partial charge in [0.05, 0.1) is 0 Å².